The van der Waals surface area contributed by atoms with Crippen LogP contribution in [0.5, 0.6) is 0 Å². The number of hydrogen-bond acceptors (Lipinski definition) is 4. The van der Waals surface area contributed by atoms with E-state index >= 15 is 0 Å². The Hall–Kier alpha value is -1.14. The van der Waals surface area contributed by atoms with Gasteiger partial charge < -0.3 is 16.4 Å². The number of primary amides is 1. The van der Waals surface area contributed by atoms with Crippen LogP contribution in [-0.4, -0.2) is 59.4 Å². The molecule has 1 unspecified atom stereocenters. The molecule has 0 aromatic heterocycles. The standard InChI is InChI=1S/C12H24N4O2/c1-9(13)8-10(17)15-4-6-16(7-5-15)12(2,3)11(14)18/h9H,4-8,13H2,1-3H3,(H2,14,18). The van der Waals surface area contributed by atoms with Gasteiger partial charge in [-0.1, -0.05) is 0 Å². The number of carbonyl (C=O) groups excluding carboxylic acids is 2. The van der Waals surface area contributed by atoms with E-state index in [9.17, 15) is 9.59 Å². The van der Waals surface area contributed by atoms with Gasteiger partial charge in [-0.25, -0.2) is 0 Å². The Morgan fingerprint density at radius 1 is 1.22 bits per heavy atom. The molecule has 1 heterocycles. The Bertz CT molecular complexity index is 320. The van der Waals surface area contributed by atoms with Crippen molar-refractivity contribution in [3.8, 4) is 0 Å². The molecule has 1 saturated heterocycles. The van der Waals surface area contributed by atoms with Gasteiger partial charge in [0.25, 0.3) is 0 Å². The number of nitrogens with zero attached hydrogens (tertiary/aromatic N) is 2. The third kappa shape index (κ3) is 3.43. The molecule has 0 aromatic rings. The highest BCUT2D eigenvalue weighted by molar-refractivity contribution is 5.83. The highest BCUT2D eigenvalue weighted by atomic mass is 16.2. The van der Waals surface area contributed by atoms with Crippen LogP contribution in [0.25, 0.3) is 0 Å². The first kappa shape index (κ1) is 14.9. The maximum atomic E-state index is 11.8. The van der Waals surface area contributed by atoms with Gasteiger partial charge in [-0.2, -0.15) is 0 Å². The summed E-state index contributed by atoms with van der Waals surface area (Å²) in [6, 6.07) is -0.113. The van der Waals surface area contributed by atoms with E-state index in [1.54, 1.807) is 4.90 Å². The predicted molar refractivity (Wildman–Crippen MR) is 69.7 cm³/mol. The molecule has 1 atom stereocenters. The van der Waals surface area contributed by atoms with Crippen molar-refractivity contribution in [2.24, 2.45) is 11.5 Å². The van der Waals surface area contributed by atoms with Gasteiger partial charge in [0.1, 0.15) is 0 Å². The largest absolute Gasteiger partial charge is 0.368 e. The Morgan fingerprint density at radius 3 is 2.11 bits per heavy atom. The molecule has 0 spiro atoms. The number of amides is 2. The van der Waals surface area contributed by atoms with Crippen molar-refractivity contribution in [2.45, 2.75) is 38.8 Å². The van der Waals surface area contributed by atoms with Crippen molar-refractivity contribution in [2.75, 3.05) is 26.2 Å². The Kier molecular flexibility index (Phi) is 4.70. The van der Waals surface area contributed by atoms with Crippen molar-refractivity contribution < 1.29 is 9.59 Å². The summed E-state index contributed by atoms with van der Waals surface area (Å²) in [5.74, 6) is -0.251. The molecule has 0 bridgehead atoms. The monoisotopic (exact) mass is 256 g/mol. The van der Waals surface area contributed by atoms with Crippen LogP contribution in [0.3, 0.4) is 0 Å². The van der Waals surface area contributed by atoms with Crippen molar-refractivity contribution in [3.05, 3.63) is 0 Å². The van der Waals surface area contributed by atoms with Crippen LogP contribution in [-0.2, 0) is 9.59 Å². The average molecular weight is 256 g/mol. The first-order valence-corrected chi connectivity index (χ1v) is 6.33. The average Bonchev–Trinajstić information content (AvgIpc) is 2.28. The fourth-order valence-corrected chi connectivity index (χ4v) is 2.08. The summed E-state index contributed by atoms with van der Waals surface area (Å²) in [6.07, 6.45) is 0.374. The third-order valence-electron chi connectivity index (χ3n) is 3.52. The Labute approximate surface area is 108 Å². The van der Waals surface area contributed by atoms with E-state index in [1.165, 1.54) is 0 Å². The van der Waals surface area contributed by atoms with E-state index < -0.39 is 5.54 Å². The minimum absolute atomic E-state index is 0.0848. The van der Waals surface area contributed by atoms with Gasteiger partial charge in [0.05, 0.1) is 5.54 Å². The van der Waals surface area contributed by atoms with Gasteiger partial charge in [-0.15, -0.1) is 0 Å². The minimum Gasteiger partial charge on any atom is -0.368 e. The van der Waals surface area contributed by atoms with Gasteiger partial charge in [0.2, 0.25) is 11.8 Å². The summed E-state index contributed by atoms with van der Waals surface area (Å²) in [6.45, 7) is 8.04. The number of rotatable bonds is 4. The molecule has 104 valence electrons. The minimum atomic E-state index is -0.656. The number of nitrogens with two attached hydrogens (primary N) is 2. The molecule has 6 heteroatoms. The third-order valence-corrected chi connectivity index (χ3v) is 3.52. The lowest BCUT2D eigenvalue weighted by atomic mass is 10.0. The fraction of sp³-hybridized carbons (Fsp3) is 0.833. The lowest BCUT2D eigenvalue weighted by Gasteiger charge is -2.42. The van der Waals surface area contributed by atoms with Crippen LogP contribution in [0.4, 0.5) is 0 Å². The topological polar surface area (TPSA) is 92.7 Å². The maximum Gasteiger partial charge on any atom is 0.237 e. The molecule has 18 heavy (non-hydrogen) atoms. The van der Waals surface area contributed by atoms with E-state index in [2.05, 4.69) is 0 Å². The van der Waals surface area contributed by atoms with Crippen LogP contribution >= 0.6 is 0 Å². The smallest absolute Gasteiger partial charge is 0.237 e. The molecule has 6 nitrogen and oxygen atoms in total. The highest BCUT2D eigenvalue weighted by Crippen LogP contribution is 2.16. The highest BCUT2D eigenvalue weighted by Gasteiger charge is 2.35. The molecule has 1 aliphatic rings. The fourth-order valence-electron chi connectivity index (χ4n) is 2.08. The molecule has 1 aliphatic heterocycles. The van der Waals surface area contributed by atoms with Gasteiger partial charge >= 0.3 is 0 Å². The quantitative estimate of drug-likeness (QED) is 0.684. The molecule has 0 aliphatic carbocycles. The Balaban J connectivity index is 2.51. The van der Waals surface area contributed by atoms with Crippen LogP contribution in [0.1, 0.15) is 27.2 Å². The van der Waals surface area contributed by atoms with E-state index in [1.807, 2.05) is 25.7 Å². The van der Waals surface area contributed by atoms with Gasteiger partial charge in [-0.3, -0.25) is 14.5 Å². The van der Waals surface area contributed by atoms with Gasteiger partial charge in [-0.05, 0) is 20.8 Å². The second kappa shape index (κ2) is 5.67. The molecule has 1 rings (SSSR count). The van der Waals surface area contributed by atoms with E-state index in [-0.39, 0.29) is 17.9 Å². The molecular formula is C12H24N4O2. The summed E-state index contributed by atoms with van der Waals surface area (Å²) < 4.78 is 0. The van der Waals surface area contributed by atoms with Crippen molar-refractivity contribution in [1.29, 1.82) is 0 Å². The number of carbonyl (C=O) groups is 2. The van der Waals surface area contributed by atoms with Crippen molar-refractivity contribution in [1.82, 2.24) is 9.80 Å². The van der Waals surface area contributed by atoms with Gasteiger partial charge in [0.15, 0.2) is 0 Å². The zero-order chi connectivity index (χ0) is 13.9. The molecule has 0 radical (unpaired) electrons. The molecular weight excluding hydrogens is 232 g/mol. The summed E-state index contributed by atoms with van der Waals surface area (Å²) in [4.78, 5) is 27.0. The maximum absolute atomic E-state index is 11.8. The molecule has 0 aromatic carbocycles. The normalized spacial score (nSPS) is 19.7. The van der Waals surface area contributed by atoms with E-state index in [0.717, 1.165) is 0 Å². The Morgan fingerprint density at radius 2 is 1.72 bits per heavy atom. The molecule has 2 amide bonds. The summed E-state index contributed by atoms with van der Waals surface area (Å²) in [7, 11) is 0. The zero-order valence-electron chi connectivity index (χ0n) is 11.5. The number of piperazine rings is 1. The van der Waals surface area contributed by atoms with E-state index in [4.69, 9.17) is 11.5 Å². The molecule has 0 saturated carbocycles. The van der Waals surface area contributed by atoms with Crippen LogP contribution in [0.15, 0.2) is 0 Å². The first-order valence-electron chi connectivity index (χ1n) is 6.33. The van der Waals surface area contributed by atoms with Crippen LogP contribution in [0, 0.1) is 0 Å². The van der Waals surface area contributed by atoms with Crippen LogP contribution < -0.4 is 11.5 Å². The molecule has 4 N–H and O–H groups in total. The SMILES string of the molecule is CC(N)CC(=O)N1CCN(C(C)(C)C(N)=O)CC1. The zero-order valence-corrected chi connectivity index (χ0v) is 11.5. The summed E-state index contributed by atoms with van der Waals surface area (Å²) in [5, 5.41) is 0. The molecule has 1 fully saturated rings. The summed E-state index contributed by atoms with van der Waals surface area (Å²) in [5.41, 5.74) is 10.3. The lowest BCUT2D eigenvalue weighted by molar-refractivity contribution is -0.136. The van der Waals surface area contributed by atoms with Crippen molar-refractivity contribution in [3.63, 3.8) is 0 Å². The lowest BCUT2D eigenvalue weighted by Crippen LogP contribution is -2.60. The van der Waals surface area contributed by atoms with Crippen LogP contribution in [0.2, 0.25) is 0 Å². The van der Waals surface area contributed by atoms with Gasteiger partial charge in [0, 0.05) is 38.6 Å². The summed E-state index contributed by atoms with van der Waals surface area (Å²) >= 11 is 0. The van der Waals surface area contributed by atoms with E-state index in [0.29, 0.717) is 32.6 Å². The predicted octanol–water partition coefficient (Wildman–Crippen LogP) is -0.868. The first-order chi connectivity index (χ1) is 8.25. The number of hydrogen-bond donors (Lipinski definition) is 2. The second-order valence-electron chi connectivity index (χ2n) is 5.47. The van der Waals surface area contributed by atoms with Crippen molar-refractivity contribution >= 4 is 11.8 Å². The second-order valence-corrected chi connectivity index (χ2v) is 5.47.